The summed E-state index contributed by atoms with van der Waals surface area (Å²) in [5.41, 5.74) is 6.82. The minimum Gasteiger partial charge on any atom is -0.361 e. The standard InChI is InChI=1S/C24H26N4O/c1-16-24(17(2)29-27-16)20-7-8-22(26-13-20)21-4-3-11-28(15-21)14-18-5-6-19-9-10-25-23(19)12-18/h5-10,12-13,21,25H,3-4,11,14-15H2,1-2H3/t21-/m1/s1. The number of aryl methyl sites for hydroxylation is 2. The highest BCUT2D eigenvalue weighted by Crippen LogP contribution is 2.30. The molecule has 29 heavy (non-hydrogen) atoms. The van der Waals surface area contributed by atoms with Crippen LogP contribution in [-0.4, -0.2) is 33.1 Å². The quantitative estimate of drug-likeness (QED) is 0.523. The Morgan fingerprint density at radius 3 is 2.90 bits per heavy atom. The summed E-state index contributed by atoms with van der Waals surface area (Å²) in [5.74, 6) is 1.33. The fraction of sp³-hybridized carbons (Fsp3) is 0.333. The van der Waals surface area contributed by atoms with Gasteiger partial charge in [0, 0.05) is 53.7 Å². The summed E-state index contributed by atoms with van der Waals surface area (Å²) in [4.78, 5) is 10.7. The van der Waals surface area contributed by atoms with Crippen LogP contribution in [0, 0.1) is 13.8 Å². The Hall–Kier alpha value is -2.92. The van der Waals surface area contributed by atoms with Gasteiger partial charge in [-0.3, -0.25) is 9.88 Å². The van der Waals surface area contributed by atoms with Crippen molar-refractivity contribution in [1.29, 1.82) is 0 Å². The summed E-state index contributed by atoms with van der Waals surface area (Å²) in [6.45, 7) is 7.12. The van der Waals surface area contributed by atoms with Crippen molar-refractivity contribution < 1.29 is 4.52 Å². The molecule has 148 valence electrons. The molecule has 0 amide bonds. The largest absolute Gasteiger partial charge is 0.361 e. The Labute approximate surface area is 170 Å². The van der Waals surface area contributed by atoms with E-state index in [0.29, 0.717) is 5.92 Å². The second-order valence-electron chi connectivity index (χ2n) is 8.14. The molecule has 5 nitrogen and oxygen atoms in total. The summed E-state index contributed by atoms with van der Waals surface area (Å²) >= 11 is 0. The maximum atomic E-state index is 5.30. The second kappa shape index (κ2) is 7.48. The van der Waals surface area contributed by atoms with Gasteiger partial charge in [-0.05, 0) is 62.4 Å². The van der Waals surface area contributed by atoms with E-state index in [1.54, 1.807) is 0 Å². The van der Waals surface area contributed by atoms with E-state index in [1.165, 1.54) is 35.0 Å². The van der Waals surface area contributed by atoms with Crippen molar-refractivity contribution in [2.45, 2.75) is 39.2 Å². The number of likely N-dealkylation sites (tertiary alicyclic amines) is 1. The van der Waals surface area contributed by atoms with Crippen molar-refractivity contribution in [1.82, 2.24) is 20.0 Å². The van der Waals surface area contributed by atoms with E-state index in [0.717, 1.165) is 42.2 Å². The van der Waals surface area contributed by atoms with Gasteiger partial charge in [0.25, 0.3) is 0 Å². The molecule has 0 spiro atoms. The lowest BCUT2D eigenvalue weighted by Gasteiger charge is -2.32. The molecule has 0 saturated carbocycles. The van der Waals surface area contributed by atoms with Gasteiger partial charge in [0.2, 0.25) is 0 Å². The molecule has 0 radical (unpaired) electrons. The number of H-pyrrole nitrogens is 1. The van der Waals surface area contributed by atoms with Crippen LogP contribution < -0.4 is 0 Å². The Bertz CT molecular complexity index is 1110. The number of nitrogens with one attached hydrogen (secondary N) is 1. The summed E-state index contributed by atoms with van der Waals surface area (Å²) in [5, 5.41) is 5.33. The first-order valence-corrected chi connectivity index (χ1v) is 10.3. The maximum Gasteiger partial charge on any atom is 0.141 e. The Kier molecular flexibility index (Phi) is 4.68. The molecule has 0 aliphatic carbocycles. The fourth-order valence-electron chi connectivity index (χ4n) is 4.58. The average Bonchev–Trinajstić information content (AvgIpc) is 3.34. The first-order chi connectivity index (χ1) is 14.2. The lowest BCUT2D eigenvalue weighted by Crippen LogP contribution is -2.34. The number of rotatable bonds is 4. The molecule has 5 heteroatoms. The SMILES string of the molecule is Cc1noc(C)c1-c1ccc([C@@H]2CCCN(Cc3ccc4cc[nH]c4c3)C2)nc1. The van der Waals surface area contributed by atoms with E-state index in [-0.39, 0.29) is 0 Å². The maximum absolute atomic E-state index is 5.30. The number of piperidine rings is 1. The lowest BCUT2D eigenvalue weighted by molar-refractivity contribution is 0.198. The first kappa shape index (κ1) is 18.1. The van der Waals surface area contributed by atoms with Crippen LogP contribution in [0.15, 0.2) is 53.3 Å². The van der Waals surface area contributed by atoms with Gasteiger partial charge in [0.15, 0.2) is 0 Å². The zero-order valence-electron chi connectivity index (χ0n) is 17.0. The normalized spacial score (nSPS) is 17.8. The number of hydrogen-bond acceptors (Lipinski definition) is 4. The van der Waals surface area contributed by atoms with Crippen LogP contribution in [0.2, 0.25) is 0 Å². The minimum atomic E-state index is 0.483. The zero-order valence-corrected chi connectivity index (χ0v) is 17.0. The molecule has 1 aromatic carbocycles. The van der Waals surface area contributed by atoms with Crippen LogP contribution in [0.4, 0.5) is 0 Å². The summed E-state index contributed by atoms with van der Waals surface area (Å²) < 4.78 is 5.30. The molecule has 4 heterocycles. The van der Waals surface area contributed by atoms with Gasteiger partial charge in [-0.2, -0.15) is 0 Å². The molecule has 3 aromatic heterocycles. The van der Waals surface area contributed by atoms with Gasteiger partial charge in [0.1, 0.15) is 5.76 Å². The topological polar surface area (TPSA) is 58.0 Å². The van der Waals surface area contributed by atoms with E-state index >= 15 is 0 Å². The number of hydrogen-bond donors (Lipinski definition) is 1. The number of fused-ring (bicyclic) bond motifs is 1. The van der Waals surface area contributed by atoms with Gasteiger partial charge in [0.05, 0.1) is 5.69 Å². The molecular weight excluding hydrogens is 360 g/mol. The Balaban J connectivity index is 1.30. The van der Waals surface area contributed by atoms with Gasteiger partial charge < -0.3 is 9.51 Å². The molecule has 5 rings (SSSR count). The number of nitrogens with zero attached hydrogens (tertiary/aromatic N) is 3. The molecule has 4 aromatic rings. The molecule has 1 saturated heterocycles. The smallest absolute Gasteiger partial charge is 0.141 e. The minimum absolute atomic E-state index is 0.483. The van der Waals surface area contributed by atoms with E-state index in [2.05, 4.69) is 51.4 Å². The third kappa shape index (κ3) is 3.58. The third-order valence-corrected chi connectivity index (χ3v) is 6.06. The van der Waals surface area contributed by atoms with Crippen LogP contribution in [0.3, 0.4) is 0 Å². The van der Waals surface area contributed by atoms with E-state index in [9.17, 15) is 0 Å². The number of aromatic nitrogens is 3. The average molecular weight is 386 g/mol. The Morgan fingerprint density at radius 2 is 2.10 bits per heavy atom. The van der Waals surface area contributed by atoms with Crippen molar-refractivity contribution >= 4 is 10.9 Å². The van der Waals surface area contributed by atoms with Crippen molar-refractivity contribution in [3.63, 3.8) is 0 Å². The molecule has 0 bridgehead atoms. The predicted octanol–water partition coefficient (Wildman–Crippen LogP) is 5.21. The van der Waals surface area contributed by atoms with Crippen LogP contribution in [-0.2, 0) is 6.54 Å². The monoisotopic (exact) mass is 386 g/mol. The second-order valence-corrected chi connectivity index (χ2v) is 8.14. The Morgan fingerprint density at radius 1 is 1.17 bits per heavy atom. The van der Waals surface area contributed by atoms with Gasteiger partial charge in [-0.15, -0.1) is 0 Å². The van der Waals surface area contributed by atoms with Gasteiger partial charge in [-0.1, -0.05) is 23.4 Å². The highest BCUT2D eigenvalue weighted by atomic mass is 16.5. The fourth-order valence-corrected chi connectivity index (χ4v) is 4.58. The number of benzene rings is 1. The molecular formula is C24H26N4O. The molecule has 0 unspecified atom stereocenters. The highest BCUT2D eigenvalue weighted by molar-refractivity contribution is 5.79. The number of pyridine rings is 1. The molecule has 1 aliphatic heterocycles. The highest BCUT2D eigenvalue weighted by Gasteiger charge is 2.23. The zero-order chi connectivity index (χ0) is 19.8. The van der Waals surface area contributed by atoms with Crippen LogP contribution in [0.5, 0.6) is 0 Å². The van der Waals surface area contributed by atoms with Crippen LogP contribution in [0.25, 0.3) is 22.0 Å². The third-order valence-electron chi connectivity index (χ3n) is 6.06. The van der Waals surface area contributed by atoms with E-state index in [1.807, 2.05) is 26.2 Å². The summed E-state index contributed by atoms with van der Waals surface area (Å²) in [6, 6.07) is 13.2. The van der Waals surface area contributed by atoms with Crippen molar-refractivity contribution in [2.75, 3.05) is 13.1 Å². The van der Waals surface area contributed by atoms with Gasteiger partial charge in [-0.25, -0.2) is 0 Å². The predicted molar refractivity (Wildman–Crippen MR) is 115 cm³/mol. The van der Waals surface area contributed by atoms with E-state index < -0.39 is 0 Å². The van der Waals surface area contributed by atoms with Crippen LogP contribution in [0.1, 0.15) is 41.5 Å². The van der Waals surface area contributed by atoms with Crippen LogP contribution >= 0.6 is 0 Å². The molecule has 1 atom stereocenters. The van der Waals surface area contributed by atoms with E-state index in [4.69, 9.17) is 9.51 Å². The van der Waals surface area contributed by atoms with Crippen molar-refractivity contribution in [3.05, 3.63) is 71.5 Å². The van der Waals surface area contributed by atoms with Crippen molar-refractivity contribution in [3.8, 4) is 11.1 Å². The molecule has 1 fully saturated rings. The lowest BCUT2D eigenvalue weighted by atomic mass is 9.93. The van der Waals surface area contributed by atoms with Gasteiger partial charge >= 0.3 is 0 Å². The summed E-state index contributed by atoms with van der Waals surface area (Å²) in [6.07, 6.45) is 6.38. The molecule has 1 N–H and O–H groups in total. The molecule has 1 aliphatic rings. The van der Waals surface area contributed by atoms with Crippen molar-refractivity contribution in [2.24, 2.45) is 0 Å². The first-order valence-electron chi connectivity index (χ1n) is 10.3. The summed E-state index contributed by atoms with van der Waals surface area (Å²) in [7, 11) is 0. The number of aromatic amines is 1.